The van der Waals surface area contributed by atoms with E-state index in [0.29, 0.717) is 25.7 Å². The Morgan fingerprint density at radius 2 is 2.05 bits per heavy atom. The third-order valence-corrected chi connectivity index (χ3v) is 3.87. The zero-order valence-corrected chi connectivity index (χ0v) is 12.6. The maximum absolute atomic E-state index is 12.7. The summed E-state index contributed by atoms with van der Waals surface area (Å²) in [6.07, 6.45) is 0. The fraction of sp³-hybridized carbons (Fsp3) is 0.500. The monoisotopic (exact) mass is 325 g/mol. The molecule has 0 aliphatic carbocycles. The zero-order chi connectivity index (χ0) is 13.6. The molecule has 2 heterocycles. The molecule has 0 atom stereocenters. The first-order valence-corrected chi connectivity index (χ1v) is 7.24. The van der Waals surface area contributed by atoms with Crippen molar-refractivity contribution >= 4 is 27.5 Å². The number of nitrogens with zero attached hydrogens (tertiary/aromatic N) is 1. The highest BCUT2D eigenvalue weighted by Crippen LogP contribution is 2.46. The average Bonchev–Trinajstić information content (AvgIpc) is 2.92. The Labute approximate surface area is 120 Å². The number of amides is 1. The van der Waals surface area contributed by atoms with Crippen molar-refractivity contribution in [2.45, 2.75) is 19.6 Å². The summed E-state index contributed by atoms with van der Waals surface area (Å²) in [5.41, 5.74) is 1.70. The van der Waals surface area contributed by atoms with Gasteiger partial charge in [-0.3, -0.25) is 4.79 Å². The molecule has 4 nitrogen and oxygen atoms in total. The molecule has 1 fully saturated rings. The summed E-state index contributed by atoms with van der Waals surface area (Å²) < 4.78 is 12.3. The van der Waals surface area contributed by atoms with Gasteiger partial charge in [-0.1, -0.05) is 29.8 Å². The maximum atomic E-state index is 12.7. The fourth-order valence-corrected chi connectivity index (χ4v) is 3.01. The van der Waals surface area contributed by atoms with Crippen LogP contribution in [0.15, 0.2) is 22.7 Å². The molecule has 1 spiro atoms. The highest BCUT2D eigenvalue weighted by molar-refractivity contribution is 9.10. The molecule has 1 amide bonds. The highest BCUT2D eigenvalue weighted by Gasteiger charge is 2.56. The van der Waals surface area contributed by atoms with Gasteiger partial charge in [0.15, 0.2) is 0 Å². The van der Waals surface area contributed by atoms with E-state index in [1.807, 2.05) is 18.2 Å². The Balaban J connectivity index is 2.11. The number of hydrogen-bond acceptors (Lipinski definition) is 3. The summed E-state index contributed by atoms with van der Waals surface area (Å²) in [5.74, 6) is -0.933. The molecule has 1 saturated heterocycles. The molecule has 2 aliphatic rings. The van der Waals surface area contributed by atoms with Gasteiger partial charge in [0.25, 0.3) is 11.7 Å². The van der Waals surface area contributed by atoms with Gasteiger partial charge in [0.05, 0.1) is 18.9 Å². The predicted octanol–water partition coefficient (Wildman–Crippen LogP) is 2.65. The molecular formula is C14H16BrNO3. The topological polar surface area (TPSA) is 38.8 Å². The number of carbonyl (C=O) groups is 1. The van der Waals surface area contributed by atoms with Gasteiger partial charge in [-0.2, -0.15) is 0 Å². The molecule has 0 N–H and O–H groups in total. The number of rotatable bonds is 2. The van der Waals surface area contributed by atoms with Crippen molar-refractivity contribution in [3.8, 4) is 0 Å². The summed E-state index contributed by atoms with van der Waals surface area (Å²) >= 11 is 3.45. The quantitative estimate of drug-likeness (QED) is 0.839. The number of benzene rings is 1. The molecule has 102 valence electrons. The minimum absolute atomic E-state index is 0.105. The Morgan fingerprint density at radius 3 is 2.68 bits per heavy atom. The minimum atomic E-state index is -1.21. The van der Waals surface area contributed by atoms with Gasteiger partial charge in [-0.05, 0) is 24.1 Å². The first kappa shape index (κ1) is 13.1. The normalized spacial score (nSPS) is 20.6. The molecule has 0 bridgehead atoms. The second-order valence-corrected chi connectivity index (χ2v) is 6.20. The van der Waals surface area contributed by atoms with Gasteiger partial charge in [0, 0.05) is 16.6 Å². The van der Waals surface area contributed by atoms with Gasteiger partial charge >= 0.3 is 0 Å². The Hall–Kier alpha value is -0.910. The molecule has 0 unspecified atom stereocenters. The predicted molar refractivity (Wildman–Crippen MR) is 74.9 cm³/mol. The third kappa shape index (κ3) is 1.91. The molecule has 2 aliphatic heterocycles. The molecule has 5 heteroatoms. The van der Waals surface area contributed by atoms with Crippen LogP contribution in [0, 0.1) is 5.92 Å². The Bertz CT molecular complexity index is 523. The fourth-order valence-electron chi connectivity index (χ4n) is 2.65. The lowest BCUT2D eigenvalue weighted by molar-refractivity contribution is -0.180. The summed E-state index contributed by atoms with van der Waals surface area (Å²) in [5, 5.41) is 0. The number of carbonyl (C=O) groups excluding carboxylic acids is 1. The van der Waals surface area contributed by atoms with E-state index < -0.39 is 5.79 Å². The van der Waals surface area contributed by atoms with E-state index in [9.17, 15) is 4.79 Å². The van der Waals surface area contributed by atoms with Gasteiger partial charge in [-0.25, -0.2) is 0 Å². The third-order valence-electron chi connectivity index (χ3n) is 3.37. The molecule has 3 rings (SSSR count). The van der Waals surface area contributed by atoms with Gasteiger partial charge in [-0.15, -0.1) is 0 Å². The van der Waals surface area contributed by atoms with Crippen molar-refractivity contribution in [2.24, 2.45) is 5.92 Å². The van der Waals surface area contributed by atoms with E-state index in [-0.39, 0.29) is 5.91 Å². The summed E-state index contributed by atoms with van der Waals surface area (Å²) in [6.45, 7) is 5.75. The van der Waals surface area contributed by atoms with E-state index in [2.05, 4.69) is 29.8 Å². The largest absolute Gasteiger partial charge is 0.336 e. The van der Waals surface area contributed by atoms with Gasteiger partial charge in [0.1, 0.15) is 0 Å². The number of halogens is 1. The van der Waals surface area contributed by atoms with E-state index >= 15 is 0 Å². The van der Waals surface area contributed by atoms with Gasteiger partial charge < -0.3 is 14.4 Å². The second-order valence-electron chi connectivity index (χ2n) is 5.28. The number of fused-ring (bicyclic) bond motifs is 2. The van der Waals surface area contributed by atoms with E-state index in [1.54, 1.807) is 4.90 Å². The lowest BCUT2D eigenvalue weighted by Crippen LogP contribution is -2.42. The average molecular weight is 326 g/mol. The molecule has 1 aromatic carbocycles. The molecule has 1 aromatic rings. The van der Waals surface area contributed by atoms with Crippen molar-refractivity contribution in [2.75, 3.05) is 24.7 Å². The summed E-state index contributed by atoms with van der Waals surface area (Å²) in [7, 11) is 0. The number of anilines is 1. The van der Waals surface area contributed by atoms with Crippen molar-refractivity contribution < 1.29 is 14.3 Å². The van der Waals surface area contributed by atoms with Crippen LogP contribution < -0.4 is 4.90 Å². The van der Waals surface area contributed by atoms with Gasteiger partial charge in [0.2, 0.25) is 0 Å². The molecule has 0 aromatic heterocycles. The Kier molecular flexibility index (Phi) is 3.15. The van der Waals surface area contributed by atoms with Crippen LogP contribution in [0.4, 0.5) is 5.69 Å². The van der Waals surface area contributed by atoms with Crippen LogP contribution in [0.25, 0.3) is 0 Å². The first-order valence-electron chi connectivity index (χ1n) is 6.44. The molecule has 19 heavy (non-hydrogen) atoms. The van der Waals surface area contributed by atoms with Crippen LogP contribution in [0.5, 0.6) is 0 Å². The summed E-state index contributed by atoms with van der Waals surface area (Å²) in [4.78, 5) is 14.5. The maximum Gasteiger partial charge on any atom is 0.292 e. The van der Waals surface area contributed by atoms with Crippen molar-refractivity contribution in [3.63, 3.8) is 0 Å². The lowest BCUT2D eigenvalue weighted by atomic mass is 10.1. The van der Waals surface area contributed by atoms with E-state index in [0.717, 1.165) is 15.7 Å². The van der Waals surface area contributed by atoms with Crippen LogP contribution in [0.2, 0.25) is 0 Å². The SMILES string of the molecule is CC(C)CN1C(=O)C2(OCCO2)c2cc(Br)ccc21. The Morgan fingerprint density at radius 1 is 1.37 bits per heavy atom. The van der Waals surface area contributed by atoms with Crippen molar-refractivity contribution in [3.05, 3.63) is 28.2 Å². The minimum Gasteiger partial charge on any atom is -0.336 e. The molecule has 0 saturated carbocycles. The van der Waals surface area contributed by atoms with E-state index in [4.69, 9.17) is 9.47 Å². The molecular weight excluding hydrogens is 310 g/mol. The standard InChI is InChI=1S/C14H16BrNO3/c1-9(2)8-16-12-4-3-10(15)7-11(12)14(13(16)17)18-5-6-19-14/h3-4,7,9H,5-6,8H2,1-2H3. The second kappa shape index (κ2) is 4.58. The van der Waals surface area contributed by atoms with Crippen LogP contribution in [0.1, 0.15) is 19.4 Å². The van der Waals surface area contributed by atoms with Crippen LogP contribution >= 0.6 is 15.9 Å². The van der Waals surface area contributed by atoms with Crippen LogP contribution in [-0.2, 0) is 20.1 Å². The zero-order valence-electron chi connectivity index (χ0n) is 11.0. The van der Waals surface area contributed by atoms with Crippen LogP contribution in [0.3, 0.4) is 0 Å². The van der Waals surface area contributed by atoms with Crippen LogP contribution in [-0.4, -0.2) is 25.7 Å². The number of ether oxygens (including phenoxy) is 2. The van der Waals surface area contributed by atoms with Crippen molar-refractivity contribution in [1.29, 1.82) is 0 Å². The summed E-state index contributed by atoms with van der Waals surface area (Å²) in [6, 6.07) is 5.80. The van der Waals surface area contributed by atoms with Crippen molar-refractivity contribution in [1.82, 2.24) is 0 Å². The first-order chi connectivity index (χ1) is 9.04. The molecule has 0 radical (unpaired) electrons. The van der Waals surface area contributed by atoms with E-state index in [1.165, 1.54) is 0 Å². The number of hydrogen-bond donors (Lipinski definition) is 0. The lowest BCUT2D eigenvalue weighted by Gasteiger charge is -2.23. The smallest absolute Gasteiger partial charge is 0.292 e. The highest BCUT2D eigenvalue weighted by atomic mass is 79.9.